The maximum absolute atomic E-state index is 5.42. The standard InChI is InChI=1S/C19H18N4O2/c1-24-17-9-8-14(10-18(17)25-2)15-11-16(13-6-4-3-5-7-13)23-19(22-15)20-12-21-23/h3-12,16H,1-2H3,(H,20,21,22)/t16-/m1/s1. The second-order valence-electron chi connectivity index (χ2n) is 5.66. The first-order valence-electron chi connectivity index (χ1n) is 7.96. The van der Waals surface area contributed by atoms with Gasteiger partial charge >= 0.3 is 0 Å². The molecule has 0 bridgehead atoms. The van der Waals surface area contributed by atoms with Crippen LogP contribution in [0.25, 0.3) is 5.70 Å². The van der Waals surface area contributed by atoms with Gasteiger partial charge in [-0.25, -0.2) is 4.68 Å². The van der Waals surface area contributed by atoms with E-state index < -0.39 is 0 Å². The number of nitrogens with one attached hydrogen (secondary N) is 1. The lowest BCUT2D eigenvalue weighted by atomic mass is 10.0. The molecule has 1 aliphatic heterocycles. The van der Waals surface area contributed by atoms with Crippen molar-refractivity contribution in [1.82, 2.24) is 14.8 Å². The Morgan fingerprint density at radius 2 is 1.80 bits per heavy atom. The van der Waals surface area contributed by atoms with Crippen LogP contribution in [0, 0.1) is 0 Å². The number of hydrogen-bond acceptors (Lipinski definition) is 5. The summed E-state index contributed by atoms with van der Waals surface area (Å²) in [6.45, 7) is 0. The highest BCUT2D eigenvalue weighted by Crippen LogP contribution is 2.35. The van der Waals surface area contributed by atoms with E-state index in [2.05, 4.69) is 33.6 Å². The Labute approximate surface area is 145 Å². The summed E-state index contributed by atoms with van der Waals surface area (Å²) in [6.07, 6.45) is 3.70. The fourth-order valence-corrected chi connectivity index (χ4v) is 2.99. The second-order valence-corrected chi connectivity index (χ2v) is 5.66. The third kappa shape index (κ3) is 2.71. The molecule has 1 atom stereocenters. The summed E-state index contributed by atoms with van der Waals surface area (Å²) in [7, 11) is 3.26. The van der Waals surface area contributed by atoms with Crippen molar-refractivity contribution in [3.05, 3.63) is 72.1 Å². The van der Waals surface area contributed by atoms with Crippen LogP contribution in [-0.4, -0.2) is 29.0 Å². The summed E-state index contributed by atoms with van der Waals surface area (Å²) in [5, 5.41) is 7.69. The fourth-order valence-electron chi connectivity index (χ4n) is 2.99. The van der Waals surface area contributed by atoms with Gasteiger partial charge in [0.15, 0.2) is 11.5 Å². The minimum atomic E-state index is -0.0250. The van der Waals surface area contributed by atoms with E-state index in [4.69, 9.17) is 9.47 Å². The van der Waals surface area contributed by atoms with Crippen LogP contribution in [-0.2, 0) is 0 Å². The minimum Gasteiger partial charge on any atom is -0.493 e. The number of methoxy groups -OCH3 is 2. The van der Waals surface area contributed by atoms with Gasteiger partial charge in [-0.15, -0.1) is 0 Å². The highest BCUT2D eigenvalue weighted by atomic mass is 16.5. The summed E-state index contributed by atoms with van der Waals surface area (Å²) in [4.78, 5) is 4.33. The van der Waals surface area contributed by atoms with Crippen LogP contribution in [0.2, 0.25) is 0 Å². The number of aromatic nitrogens is 3. The monoisotopic (exact) mass is 334 g/mol. The molecule has 6 nitrogen and oxygen atoms in total. The lowest BCUT2D eigenvalue weighted by Crippen LogP contribution is -2.20. The van der Waals surface area contributed by atoms with E-state index in [0.717, 1.165) is 16.8 Å². The molecular formula is C19H18N4O2. The maximum atomic E-state index is 5.42. The molecule has 0 amide bonds. The number of rotatable bonds is 4. The van der Waals surface area contributed by atoms with Crippen LogP contribution < -0.4 is 14.8 Å². The quantitative estimate of drug-likeness (QED) is 0.793. The molecule has 2 heterocycles. The van der Waals surface area contributed by atoms with Gasteiger partial charge in [0.05, 0.1) is 14.2 Å². The Balaban J connectivity index is 1.79. The van der Waals surface area contributed by atoms with Gasteiger partial charge in [-0.2, -0.15) is 10.1 Å². The smallest absolute Gasteiger partial charge is 0.226 e. The first-order chi connectivity index (χ1) is 12.3. The van der Waals surface area contributed by atoms with Crippen LogP contribution in [0.4, 0.5) is 5.95 Å². The molecule has 4 rings (SSSR count). The number of benzene rings is 2. The predicted molar refractivity (Wildman–Crippen MR) is 95.7 cm³/mol. The lowest BCUT2D eigenvalue weighted by molar-refractivity contribution is 0.355. The lowest BCUT2D eigenvalue weighted by Gasteiger charge is -2.24. The van der Waals surface area contributed by atoms with Crippen molar-refractivity contribution in [3.8, 4) is 11.5 Å². The zero-order valence-corrected chi connectivity index (χ0v) is 14.0. The average molecular weight is 334 g/mol. The van der Waals surface area contributed by atoms with Gasteiger partial charge in [0.25, 0.3) is 0 Å². The summed E-state index contributed by atoms with van der Waals surface area (Å²) in [6, 6.07) is 16.0. The number of hydrogen-bond donors (Lipinski definition) is 1. The number of fused-ring (bicyclic) bond motifs is 1. The molecule has 2 aromatic carbocycles. The van der Waals surface area contributed by atoms with Crippen molar-refractivity contribution in [2.45, 2.75) is 6.04 Å². The molecule has 1 N–H and O–H groups in total. The molecular weight excluding hydrogens is 316 g/mol. The summed E-state index contributed by atoms with van der Waals surface area (Å²) >= 11 is 0. The normalized spacial score (nSPS) is 15.8. The molecule has 25 heavy (non-hydrogen) atoms. The molecule has 1 aromatic heterocycles. The molecule has 0 saturated heterocycles. The van der Waals surface area contributed by atoms with E-state index >= 15 is 0 Å². The van der Waals surface area contributed by atoms with Crippen molar-refractivity contribution >= 4 is 11.6 Å². The Kier molecular flexibility index (Phi) is 3.85. The molecule has 0 radical (unpaired) electrons. The van der Waals surface area contributed by atoms with Gasteiger partial charge < -0.3 is 14.8 Å². The molecule has 1 aliphatic rings. The van der Waals surface area contributed by atoms with Crippen molar-refractivity contribution in [2.75, 3.05) is 19.5 Å². The Morgan fingerprint density at radius 3 is 2.56 bits per heavy atom. The molecule has 0 aliphatic carbocycles. The topological polar surface area (TPSA) is 61.2 Å². The highest BCUT2D eigenvalue weighted by Gasteiger charge is 2.23. The molecule has 0 unspecified atom stereocenters. The molecule has 0 fully saturated rings. The number of anilines is 1. The Hall–Kier alpha value is -3.28. The SMILES string of the molecule is COc1ccc(C2=C[C@H](c3ccccc3)n3ncnc3N2)cc1OC. The largest absolute Gasteiger partial charge is 0.493 e. The maximum Gasteiger partial charge on any atom is 0.226 e. The Bertz CT molecular complexity index is 918. The third-order valence-electron chi connectivity index (χ3n) is 4.24. The van der Waals surface area contributed by atoms with Crippen molar-refractivity contribution in [2.24, 2.45) is 0 Å². The van der Waals surface area contributed by atoms with Crippen molar-refractivity contribution in [3.63, 3.8) is 0 Å². The Morgan fingerprint density at radius 1 is 1.00 bits per heavy atom. The van der Waals surface area contributed by atoms with E-state index in [1.54, 1.807) is 20.5 Å². The average Bonchev–Trinajstić information content (AvgIpc) is 3.16. The highest BCUT2D eigenvalue weighted by molar-refractivity contribution is 5.78. The van der Waals surface area contributed by atoms with Crippen LogP contribution in [0.1, 0.15) is 17.2 Å². The zero-order valence-electron chi connectivity index (χ0n) is 14.0. The molecule has 0 saturated carbocycles. The predicted octanol–water partition coefficient (Wildman–Crippen LogP) is 3.35. The van der Waals surface area contributed by atoms with Crippen molar-refractivity contribution in [1.29, 1.82) is 0 Å². The van der Waals surface area contributed by atoms with Gasteiger partial charge in [0.1, 0.15) is 12.4 Å². The van der Waals surface area contributed by atoms with Gasteiger partial charge in [0, 0.05) is 11.3 Å². The fraction of sp³-hybridized carbons (Fsp3) is 0.158. The van der Waals surface area contributed by atoms with Gasteiger partial charge in [-0.05, 0) is 29.8 Å². The van der Waals surface area contributed by atoms with Gasteiger partial charge in [-0.3, -0.25) is 0 Å². The molecule has 6 heteroatoms. The summed E-state index contributed by atoms with van der Waals surface area (Å²) < 4.78 is 12.6. The van der Waals surface area contributed by atoms with E-state index in [-0.39, 0.29) is 6.04 Å². The number of ether oxygens (including phenoxy) is 2. The van der Waals surface area contributed by atoms with E-state index in [1.165, 1.54) is 0 Å². The van der Waals surface area contributed by atoms with Gasteiger partial charge in [-0.1, -0.05) is 30.3 Å². The van der Waals surface area contributed by atoms with Crippen LogP contribution in [0.15, 0.2) is 60.9 Å². The summed E-state index contributed by atoms with van der Waals surface area (Å²) in [5.41, 5.74) is 3.09. The van der Waals surface area contributed by atoms with Crippen molar-refractivity contribution < 1.29 is 9.47 Å². The number of nitrogens with zero attached hydrogens (tertiary/aromatic N) is 3. The number of allylic oxidation sites excluding steroid dienone is 1. The molecule has 126 valence electrons. The first kappa shape index (κ1) is 15.3. The van der Waals surface area contributed by atoms with E-state index in [9.17, 15) is 0 Å². The first-order valence-corrected chi connectivity index (χ1v) is 7.96. The van der Waals surface area contributed by atoms with E-state index in [1.807, 2.05) is 41.1 Å². The minimum absolute atomic E-state index is 0.0250. The van der Waals surface area contributed by atoms with E-state index in [0.29, 0.717) is 17.4 Å². The molecule has 3 aromatic rings. The van der Waals surface area contributed by atoms with Gasteiger partial charge in [0.2, 0.25) is 5.95 Å². The van der Waals surface area contributed by atoms with Crippen LogP contribution in [0.3, 0.4) is 0 Å². The third-order valence-corrected chi connectivity index (χ3v) is 4.24. The second kappa shape index (κ2) is 6.32. The zero-order chi connectivity index (χ0) is 17.2. The summed E-state index contributed by atoms with van der Waals surface area (Å²) in [5.74, 6) is 2.09. The van der Waals surface area contributed by atoms with Crippen LogP contribution in [0.5, 0.6) is 11.5 Å². The van der Waals surface area contributed by atoms with Crippen LogP contribution >= 0.6 is 0 Å². The molecule has 0 spiro atoms.